The second-order valence-corrected chi connectivity index (χ2v) is 7.76. The quantitative estimate of drug-likeness (QED) is 0.613. The SMILES string of the molecule is CC1=NN(c2nc(-c3ccccc3)cs2)C(=O)C1C(c1ccccc1)C(C#N)C#N. The van der Waals surface area contributed by atoms with Crippen LogP contribution >= 0.6 is 11.3 Å². The van der Waals surface area contributed by atoms with Crippen molar-refractivity contribution < 1.29 is 4.79 Å². The Bertz CT molecular complexity index is 1160. The van der Waals surface area contributed by atoms with Gasteiger partial charge in [0.05, 0.1) is 23.8 Å². The molecule has 0 N–H and O–H groups in total. The molecule has 7 heteroatoms. The molecule has 0 bridgehead atoms. The van der Waals surface area contributed by atoms with Crippen molar-refractivity contribution in [3.63, 3.8) is 0 Å². The number of carbonyl (C=O) groups is 1. The highest BCUT2D eigenvalue weighted by Gasteiger charge is 2.45. The van der Waals surface area contributed by atoms with E-state index in [2.05, 4.69) is 10.1 Å². The van der Waals surface area contributed by atoms with Gasteiger partial charge in [-0.25, -0.2) is 4.98 Å². The summed E-state index contributed by atoms with van der Waals surface area (Å²) in [6.45, 7) is 1.76. The van der Waals surface area contributed by atoms with Crippen molar-refractivity contribution in [3.05, 3.63) is 71.6 Å². The summed E-state index contributed by atoms with van der Waals surface area (Å²) in [5, 5.41) is 27.2. The van der Waals surface area contributed by atoms with Crippen molar-refractivity contribution in [2.75, 3.05) is 5.01 Å². The third-order valence-electron chi connectivity index (χ3n) is 5.11. The maximum atomic E-state index is 13.4. The number of nitriles is 2. The molecule has 2 heterocycles. The molecule has 2 atom stereocenters. The van der Waals surface area contributed by atoms with Gasteiger partial charge in [0.25, 0.3) is 5.91 Å². The number of hydrogen-bond acceptors (Lipinski definition) is 6. The van der Waals surface area contributed by atoms with Crippen molar-refractivity contribution in [2.24, 2.45) is 16.9 Å². The zero-order chi connectivity index (χ0) is 21.1. The van der Waals surface area contributed by atoms with E-state index < -0.39 is 17.8 Å². The van der Waals surface area contributed by atoms with Crippen LogP contribution in [0.2, 0.25) is 0 Å². The second-order valence-electron chi connectivity index (χ2n) is 6.92. The highest BCUT2D eigenvalue weighted by molar-refractivity contribution is 7.14. The average molecular weight is 411 g/mol. The third kappa shape index (κ3) is 3.47. The molecular formula is C23H17N5OS. The second kappa shape index (κ2) is 8.28. The van der Waals surface area contributed by atoms with E-state index in [4.69, 9.17) is 0 Å². The normalized spacial score (nSPS) is 16.8. The van der Waals surface area contributed by atoms with Crippen LogP contribution < -0.4 is 5.01 Å². The number of anilines is 1. The molecule has 6 nitrogen and oxygen atoms in total. The molecule has 0 saturated heterocycles. The van der Waals surface area contributed by atoms with Crippen LogP contribution in [-0.2, 0) is 4.79 Å². The summed E-state index contributed by atoms with van der Waals surface area (Å²) in [6, 6.07) is 23.0. The van der Waals surface area contributed by atoms with E-state index in [9.17, 15) is 15.3 Å². The number of amides is 1. The smallest absolute Gasteiger partial charge is 0.259 e. The van der Waals surface area contributed by atoms with Crippen molar-refractivity contribution >= 4 is 28.1 Å². The summed E-state index contributed by atoms with van der Waals surface area (Å²) in [5.41, 5.74) is 3.07. The Morgan fingerprint density at radius 1 is 1.03 bits per heavy atom. The van der Waals surface area contributed by atoms with Crippen LogP contribution in [0.3, 0.4) is 0 Å². The lowest BCUT2D eigenvalue weighted by Crippen LogP contribution is -2.34. The van der Waals surface area contributed by atoms with Gasteiger partial charge in [-0.05, 0) is 12.5 Å². The van der Waals surface area contributed by atoms with Gasteiger partial charge in [0.15, 0.2) is 0 Å². The van der Waals surface area contributed by atoms with Crippen LogP contribution in [0.1, 0.15) is 18.4 Å². The monoisotopic (exact) mass is 411 g/mol. The maximum Gasteiger partial charge on any atom is 0.259 e. The first-order chi connectivity index (χ1) is 14.6. The number of nitrogens with zero attached hydrogens (tertiary/aromatic N) is 5. The van der Waals surface area contributed by atoms with Crippen LogP contribution in [0.5, 0.6) is 0 Å². The van der Waals surface area contributed by atoms with Gasteiger partial charge in [-0.2, -0.15) is 20.6 Å². The molecule has 1 aromatic heterocycles. The van der Waals surface area contributed by atoms with E-state index >= 15 is 0 Å². The largest absolute Gasteiger partial charge is 0.272 e. The number of hydrazone groups is 1. The topological polar surface area (TPSA) is 93.1 Å². The number of hydrogen-bond donors (Lipinski definition) is 0. The van der Waals surface area contributed by atoms with Gasteiger partial charge in [-0.1, -0.05) is 60.7 Å². The van der Waals surface area contributed by atoms with Crippen LogP contribution in [0, 0.1) is 34.5 Å². The molecule has 1 aliphatic heterocycles. The Hall–Kier alpha value is -3.81. The molecule has 0 aliphatic carbocycles. The van der Waals surface area contributed by atoms with Gasteiger partial charge >= 0.3 is 0 Å². The van der Waals surface area contributed by atoms with Crippen LogP contribution in [0.25, 0.3) is 11.3 Å². The molecule has 2 aromatic carbocycles. The van der Waals surface area contributed by atoms with Gasteiger partial charge in [-0.3, -0.25) is 4.79 Å². The van der Waals surface area contributed by atoms with E-state index in [1.807, 2.05) is 78.2 Å². The van der Waals surface area contributed by atoms with E-state index in [1.54, 1.807) is 6.92 Å². The number of carbonyl (C=O) groups excluding carboxylic acids is 1. The van der Waals surface area contributed by atoms with E-state index in [1.165, 1.54) is 16.3 Å². The van der Waals surface area contributed by atoms with Crippen LogP contribution in [0.4, 0.5) is 5.13 Å². The fraction of sp³-hybridized carbons (Fsp3) is 0.174. The molecule has 0 saturated carbocycles. The summed E-state index contributed by atoms with van der Waals surface area (Å²) < 4.78 is 0. The highest BCUT2D eigenvalue weighted by atomic mass is 32.1. The predicted molar refractivity (Wildman–Crippen MR) is 116 cm³/mol. The van der Waals surface area contributed by atoms with Crippen molar-refractivity contribution in [1.29, 1.82) is 10.5 Å². The average Bonchev–Trinajstić information content (AvgIpc) is 3.38. The third-order valence-corrected chi connectivity index (χ3v) is 5.92. The first-order valence-corrected chi connectivity index (χ1v) is 10.3. The maximum absolute atomic E-state index is 13.4. The fourth-order valence-electron chi connectivity index (χ4n) is 3.68. The molecule has 2 unspecified atom stereocenters. The Morgan fingerprint density at radius 2 is 1.67 bits per heavy atom. The standard InChI is InChI=1S/C23H17N5OS/c1-15-20(21(18(12-24)13-25)17-10-6-3-7-11-17)22(29)28(27-15)23-26-19(14-30-23)16-8-4-2-5-9-16/h2-11,14,18,20-21H,1H3. The Kier molecular flexibility index (Phi) is 5.38. The summed E-state index contributed by atoms with van der Waals surface area (Å²) in [5.74, 6) is -2.54. The van der Waals surface area contributed by atoms with Crippen LogP contribution in [-0.4, -0.2) is 16.6 Å². The molecule has 4 rings (SSSR count). The molecule has 146 valence electrons. The minimum absolute atomic E-state index is 0.272. The molecule has 0 spiro atoms. The molecule has 1 amide bonds. The van der Waals surface area contributed by atoms with Gasteiger partial charge < -0.3 is 0 Å². The summed E-state index contributed by atoms with van der Waals surface area (Å²) in [7, 11) is 0. The Morgan fingerprint density at radius 3 is 2.30 bits per heavy atom. The molecule has 30 heavy (non-hydrogen) atoms. The fourth-order valence-corrected chi connectivity index (χ4v) is 4.46. The Labute approximate surface area is 178 Å². The summed E-state index contributed by atoms with van der Waals surface area (Å²) in [4.78, 5) is 18.0. The van der Waals surface area contributed by atoms with Crippen molar-refractivity contribution in [3.8, 4) is 23.4 Å². The molecule has 0 fully saturated rings. The van der Waals surface area contributed by atoms with Gasteiger partial charge in [0, 0.05) is 22.6 Å². The molecular weight excluding hydrogens is 394 g/mol. The van der Waals surface area contributed by atoms with E-state index in [0.717, 1.165) is 16.8 Å². The lowest BCUT2D eigenvalue weighted by molar-refractivity contribution is -0.120. The van der Waals surface area contributed by atoms with E-state index in [-0.39, 0.29) is 5.91 Å². The minimum Gasteiger partial charge on any atom is -0.272 e. The van der Waals surface area contributed by atoms with Crippen LogP contribution in [0.15, 0.2) is 71.1 Å². The first kappa shape index (κ1) is 19.5. The molecule has 1 aliphatic rings. The predicted octanol–water partition coefficient (Wildman–Crippen LogP) is 4.60. The highest BCUT2D eigenvalue weighted by Crippen LogP contribution is 2.39. The lowest BCUT2D eigenvalue weighted by atomic mass is 9.76. The summed E-state index contributed by atoms with van der Waals surface area (Å²) >= 11 is 1.33. The zero-order valence-corrected chi connectivity index (χ0v) is 17.0. The van der Waals surface area contributed by atoms with E-state index in [0.29, 0.717) is 10.8 Å². The number of rotatable bonds is 5. The number of benzene rings is 2. The first-order valence-electron chi connectivity index (χ1n) is 9.38. The zero-order valence-electron chi connectivity index (χ0n) is 16.1. The number of thiazole rings is 1. The van der Waals surface area contributed by atoms with Gasteiger partial charge in [0.1, 0.15) is 5.92 Å². The van der Waals surface area contributed by atoms with Crippen molar-refractivity contribution in [2.45, 2.75) is 12.8 Å². The van der Waals surface area contributed by atoms with Gasteiger partial charge in [-0.15, -0.1) is 11.3 Å². The summed E-state index contributed by atoms with van der Waals surface area (Å²) in [6.07, 6.45) is 0. The Balaban J connectivity index is 1.68. The molecule has 0 radical (unpaired) electrons. The molecule has 3 aromatic rings. The minimum atomic E-state index is -0.970. The lowest BCUT2D eigenvalue weighted by Gasteiger charge is -2.23. The van der Waals surface area contributed by atoms with Gasteiger partial charge in [0.2, 0.25) is 5.13 Å². The van der Waals surface area contributed by atoms with Crippen molar-refractivity contribution in [1.82, 2.24) is 4.98 Å². The number of aromatic nitrogens is 1.